The first-order valence-electron chi connectivity index (χ1n) is 10.8. The van der Waals surface area contributed by atoms with Crippen LogP contribution < -0.4 is 0 Å². The van der Waals surface area contributed by atoms with Gasteiger partial charge in [0.15, 0.2) is 5.57 Å². The predicted molar refractivity (Wildman–Crippen MR) is 107 cm³/mol. The highest BCUT2D eigenvalue weighted by Gasteiger charge is 2.34. The van der Waals surface area contributed by atoms with Crippen molar-refractivity contribution in [3.8, 4) is 12.1 Å². The van der Waals surface area contributed by atoms with Gasteiger partial charge in [-0.25, -0.2) is 4.39 Å². The molecule has 7 heteroatoms. The average molecular weight is 389 g/mol. The van der Waals surface area contributed by atoms with Gasteiger partial charge >= 0.3 is 0 Å². The van der Waals surface area contributed by atoms with Gasteiger partial charge in [-0.15, -0.1) is 0 Å². The van der Waals surface area contributed by atoms with Crippen LogP contribution in [0.1, 0.15) is 38.5 Å². The second-order valence-electron chi connectivity index (χ2n) is 8.12. The lowest BCUT2D eigenvalue weighted by Crippen LogP contribution is -2.44. The Morgan fingerprint density at radius 3 is 2.18 bits per heavy atom. The van der Waals surface area contributed by atoms with Gasteiger partial charge < -0.3 is 19.6 Å². The number of allylic oxidation sites excluding steroid dienone is 1. The Bertz CT molecular complexity index is 591. The molecule has 0 aromatic rings. The van der Waals surface area contributed by atoms with Gasteiger partial charge in [-0.05, 0) is 51.7 Å². The van der Waals surface area contributed by atoms with Gasteiger partial charge in [-0.1, -0.05) is 6.42 Å². The van der Waals surface area contributed by atoms with Gasteiger partial charge in [0.2, 0.25) is 0 Å². The van der Waals surface area contributed by atoms with Crippen molar-refractivity contribution in [2.24, 2.45) is 0 Å². The van der Waals surface area contributed by atoms with Crippen LogP contribution in [-0.2, 0) is 0 Å². The first-order valence-corrected chi connectivity index (χ1v) is 10.8. The molecule has 0 aromatic heterocycles. The molecule has 0 aliphatic carbocycles. The Morgan fingerprint density at radius 1 is 0.857 bits per heavy atom. The summed E-state index contributed by atoms with van der Waals surface area (Å²) >= 11 is 0. The van der Waals surface area contributed by atoms with Crippen molar-refractivity contribution in [1.29, 1.82) is 10.5 Å². The average Bonchev–Trinajstić information content (AvgIpc) is 3.14. The number of likely N-dealkylation sites (tertiary alicyclic amines) is 2. The van der Waals surface area contributed by atoms with E-state index in [-0.39, 0.29) is 12.2 Å². The molecular formula is C21H33FN6. The van der Waals surface area contributed by atoms with Gasteiger partial charge in [0.25, 0.3) is 0 Å². The molecule has 0 unspecified atom stereocenters. The molecule has 3 rings (SSSR count). The fraction of sp³-hybridized carbons (Fsp3) is 0.810. The largest absolute Gasteiger partial charge is 0.355 e. The minimum atomic E-state index is -0.294. The van der Waals surface area contributed by atoms with Crippen molar-refractivity contribution >= 4 is 0 Å². The van der Waals surface area contributed by atoms with E-state index in [0.29, 0.717) is 12.6 Å². The molecule has 0 saturated carbocycles. The Morgan fingerprint density at radius 2 is 1.54 bits per heavy atom. The first kappa shape index (κ1) is 20.9. The summed E-state index contributed by atoms with van der Waals surface area (Å²) in [4.78, 5) is 9.24. The van der Waals surface area contributed by atoms with Crippen LogP contribution in [0.3, 0.4) is 0 Å². The minimum Gasteiger partial charge on any atom is -0.355 e. The Hall–Kier alpha value is -1.83. The smallest absolute Gasteiger partial charge is 0.169 e. The molecule has 0 bridgehead atoms. The third-order valence-electron chi connectivity index (χ3n) is 6.38. The molecule has 3 aliphatic heterocycles. The molecular weight excluding hydrogens is 355 g/mol. The maximum atomic E-state index is 12.6. The number of nitrogens with zero attached hydrogens (tertiary/aromatic N) is 6. The van der Waals surface area contributed by atoms with Gasteiger partial charge in [0.1, 0.15) is 24.6 Å². The summed E-state index contributed by atoms with van der Waals surface area (Å²) in [6.45, 7) is 8.16. The number of hydrogen-bond acceptors (Lipinski definition) is 6. The molecule has 28 heavy (non-hydrogen) atoms. The third kappa shape index (κ3) is 5.16. The topological polar surface area (TPSA) is 60.5 Å². The van der Waals surface area contributed by atoms with Gasteiger partial charge in [-0.3, -0.25) is 0 Å². The zero-order valence-corrected chi connectivity index (χ0v) is 17.0. The van der Waals surface area contributed by atoms with Crippen molar-refractivity contribution < 1.29 is 4.39 Å². The molecule has 3 fully saturated rings. The van der Waals surface area contributed by atoms with Gasteiger partial charge in [0.05, 0.1) is 0 Å². The summed E-state index contributed by atoms with van der Waals surface area (Å²) in [6.07, 6.45) is 6.96. The second-order valence-corrected chi connectivity index (χ2v) is 8.12. The number of rotatable bonds is 7. The molecule has 0 atom stereocenters. The number of alkyl halides is 1. The van der Waals surface area contributed by atoms with E-state index in [1.54, 1.807) is 0 Å². The molecule has 0 aromatic carbocycles. The fourth-order valence-corrected chi connectivity index (χ4v) is 4.86. The lowest BCUT2D eigenvalue weighted by atomic mass is 10.0. The quantitative estimate of drug-likeness (QED) is 0.623. The molecule has 3 heterocycles. The van der Waals surface area contributed by atoms with Crippen LogP contribution in [0, 0.1) is 22.7 Å². The normalized spacial score (nSPS) is 22.3. The second kappa shape index (κ2) is 10.6. The van der Waals surface area contributed by atoms with E-state index in [9.17, 15) is 14.9 Å². The van der Waals surface area contributed by atoms with Crippen LogP contribution in [0.15, 0.2) is 11.4 Å². The van der Waals surface area contributed by atoms with Crippen LogP contribution in [0.4, 0.5) is 4.39 Å². The van der Waals surface area contributed by atoms with E-state index >= 15 is 0 Å². The number of piperidine rings is 2. The van der Waals surface area contributed by atoms with E-state index in [2.05, 4.69) is 31.7 Å². The summed E-state index contributed by atoms with van der Waals surface area (Å²) in [6, 6.07) is 4.60. The van der Waals surface area contributed by atoms with Crippen molar-refractivity contribution in [2.45, 2.75) is 44.6 Å². The zero-order chi connectivity index (χ0) is 19.8. The number of halogens is 1. The highest BCUT2D eigenvalue weighted by atomic mass is 19.1. The molecule has 3 aliphatic rings. The fourth-order valence-electron chi connectivity index (χ4n) is 4.86. The maximum Gasteiger partial charge on any atom is 0.169 e. The van der Waals surface area contributed by atoms with Gasteiger partial charge in [0, 0.05) is 45.3 Å². The summed E-state index contributed by atoms with van der Waals surface area (Å²) in [5, 5.41) is 19.0. The molecule has 6 nitrogen and oxygen atoms in total. The van der Waals surface area contributed by atoms with E-state index in [1.165, 1.54) is 32.4 Å². The molecule has 3 saturated heterocycles. The van der Waals surface area contributed by atoms with E-state index in [1.807, 2.05) is 0 Å². The standard InChI is InChI=1S/C21H33FN6/c22-7-14-26-12-5-20(6-13-26)28-16-15-27(21(28)19(17-23)18-24)11-4-10-25-8-2-1-3-9-25/h20H,1-16H2. The van der Waals surface area contributed by atoms with Crippen LogP contribution in [0.5, 0.6) is 0 Å². The maximum absolute atomic E-state index is 12.6. The SMILES string of the molecule is N#CC(C#N)=C1N(CCCN2CCCCC2)CCN1C1CCN(CCF)CC1. The van der Waals surface area contributed by atoms with E-state index < -0.39 is 0 Å². The van der Waals surface area contributed by atoms with Crippen LogP contribution in [0.25, 0.3) is 0 Å². The lowest BCUT2D eigenvalue weighted by Gasteiger charge is -2.38. The third-order valence-corrected chi connectivity index (χ3v) is 6.38. The highest BCUT2D eigenvalue weighted by Crippen LogP contribution is 2.29. The zero-order valence-electron chi connectivity index (χ0n) is 17.0. The number of hydrogen-bond donors (Lipinski definition) is 0. The highest BCUT2D eigenvalue weighted by molar-refractivity contribution is 5.40. The van der Waals surface area contributed by atoms with Gasteiger partial charge in [-0.2, -0.15) is 10.5 Å². The van der Waals surface area contributed by atoms with Crippen LogP contribution >= 0.6 is 0 Å². The molecule has 0 radical (unpaired) electrons. The number of nitriles is 2. The summed E-state index contributed by atoms with van der Waals surface area (Å²) in [7, 11) is 0. The Kier molecular flexibility index (Phi) is 7.94. The molecule has 0 amide bonds. The summed E-state index contributed by atoms with van der Waals surface area (Å²) in [5.74, 6) is 0.840. The van der Waals surface area contributed by atoms with Crippen LogP contribution in [-0.4, -0.2) is 91.2 Å². The summed E-state index contributed by atoms with van der Waals surface area (Å²) < 4.78 is 12.6. The summed E-state index contributed by atoms with van der Waals surface area (Å²) in [5.41, 5.74) is 0.238. The molecule has 0 N–H and O–H groups in total. The van der Waals surface area contributed by atoms with Crippen molar-refractivity contribution in [1.82, 2.24) is 19.6 Å². The lowest BCUT2D eigenvalue weighted by molar-refractivity contribution is 0.132. The van der Waals surface area contributed by atoms with Crippen molar-refractivity contribution in [3.63, 3.8) is 0 Å². The van der Waals surface area contributed by atoms with Crippen molar-refractivity contribution in [3.05, 3.63) is 11.4 Å². The Labute approximate surface area is 168 Å². The first-order chi connectivity index (χ1) is 13.8. The van der Waals surface area contributed by atoms with Crippen molar-refractivity contribution in [2.75, 3.05) is 65.6 Å². The Balaban J connectivity index is 1.60. The monoisotopic (exact) mass is 388 g/mol. The predicted octanol–water partition coefficient (Wildman–Crippen LogP) is 2.17. The van der Waals surface area contributed by atoms with E-state index in [4.69, 9.17) is 0 Å². The molecule has 0 spiro atoms. The minimum absolute atomic E-state index is 0.238. The molecule has 154 valence electrons. The van der Waals surface area contributed by atoms with Crippen LogP contribution in [0.2, 0.25) is 0 Å². The van der Waals surface area contributed by atoms with E-state index in [0.717, 1.165) is 64.4 Å².